The summed E-state index contributed by atoms with van der Waals surface area (Å²) in [5.74, 6) is -1.20. The fourth-order valence-electron chi connectivity index (χ4n) is 1.90. The standard InChI is InChI=1S/C16H12ClFN2O2/c17-13-4-2-1-3-12(13)15(21)16(22)20-14(9-19)10-5-7-11(18)8-6-10/h1-8,14-15,21H,(H,20,22)/t14?,15-/m1/s1. The third-order valence-corrected chi connectivity index (χ3v) is 3.41. The predicted molar refractivity (Wildman–Crippen MR) is 79.3 cm³/mol. The van der Waals surface area contributed by atoms with Crippen molar-refractivity contribution in [2.75, 3.05) is 0 Å². The fraction of sp³-hybridized carbons (Fsp3) is 0.125. The number of nitrogens with one attached hydrogen (secondary N) is 1. The van der Waals surface area contributed by atoms with E-state index in [0.717, 1.165) is 0 Å². The van der Waals surface area contributed by atoms with Crippen LogP contribution in [-0.4, -0.2) is 11.0 Å². The molecule has 0 aliphatic rings. The Hall–Kier alpha value is -2.42. The molecule has 1 amide bonds. The van der Waals surface area contributed by atoms with Crippen molar-refractivity contribution in [3.05, 3.63) is 70.5 Å². The summed E-state index contributed by atoms with van der Waals surface area (Å²) in [5, 5.41) is 21.8. The largest absolute Gasteiger partial charge is 0.378 e. The highest BCUT2D eigenvalue weighted by Crippen LogP contribution is 2.23. The van der Waals surface area contributed by atoms with Crippen LogP contribution in [0.3, 0.4) is 0 Å². The van der Waals surface area contributed by atoms with Crippen molar-refractivity contribution >= 4 is 17.5 Å². The maximum absolute atomic E-state index is 12.9. The molecule has 0 aliphatic heterocycles. The lowest BCUT2D eigenvalue weighted by Crippen LogP contribution is -2.32. The Kier molecular flexibility index (Phi) is 5.10. The third-order valence-electron chi connectivity index (χ3n) is 3.07. The fourth-order valence-corrected chi connectivity index (χ4v) is 2.14. The normalized spacial score (nSPS) is 13.0. The van der Waals surface area contributed by atoms with Gasteiger partial charge in [0.25, 0.3) is 5.91 Å². The minimum atomic E-state index is -1.50. The Bertz CT molecular complexity index is 713. The lowest BCUT2D eigenvalue weighted by atomic mass is 10.1. The van der Waals surface area contributed by atoms with Crippen molar-refractivity contribution in [3.8, 4) is 6.07 Å². The van der Waals surface area contributed by atoms with E-state index in [1.807, 2.05) is 6.07 Å². The molecule has 22 heavy (non-hydrogen) atoms. The van der Waals surface area contributed by atoms with E-state index >= 15 is 0 Å². The first-order valence-corrected chi connectivity index (χ1v) is 6.78. The molecule has 0 bridgehead atoms. The Morgan fingerprint density at radius 3 is 2.45 bits per heavy atom. The maximum Gasteiger partial charge on any atom is 0.254 e. The molecular formula is C16H12ClFN2O2. The summed E-state index contributed by atoms with van der Waals surface area (Å²) in [6.07, 6.45) is -1.50. The zero-order chi connectivity index (χ0) is 16.1. The molecule has 2 N–H and O–H groups in total. The minimum Gasteiger partial charge on any atom is -0.378 e. The van der Waals surface area contributed by atoms with Crippen molar-refractivity contribution < 1.29 is 14.3 Å². The van der Waals surface area contributed by atoms with Crippen molar-refractivity contribution in [3.63, 3.8) is 0 Å². The Morgan fingerprint density at radius 1 is 1.23 bits per heavy atom. The van der Waals surface area contributed by atoms with Gasteiger partial charge in [-0.2, -0.15) is 5.26 Å². The number of nitrogens with zero attached hydrogens (tertiary/aromatic N) is 1. The number of hydrogen-bond acceptors (Lipinski definition) is 3. The molecule has 0 saturated carbocycles. The highest BCUT2D eigenvalue weighted by atomic mass is 35.5. The van der Waals surface area contributed by atoms with Gasteiger partial charge in [0.2, 0.25) is 0 Å². The Morgan fingerprint density at radius 2 is 1.86 bits per heavy atom. The van der Waals surface area contributed by atoms with Gasteiger partial charge in [-0.05, 0) is 23.8 Å². The number of carbonyl (C=O) groups is 1. The SMILES string of the molecule is N#CC(NC(=O)[C@H](O)c1ccccc1Cl)c1ccc(F)cc1. The van der Waals surface area contributed by atoms with Gasteiger partial charge in [-0.25, -0.2) is 4.39 Å². The third kappa shape index (κ3) is 3.61. The lowest BCUT2D eigenvalue weighted by Gasteiger charge is -2.16. The molecular weight excluding hydrogens is 307 g/mol. The monoisotopic (exact) mass is 318 g/mol. The number of carbonyl (C=O) groups excluding carboxylic acids is 1. The number of aliphatic hydroxyl groups excluding tert-OH is 1. The molecule has 0 fully saturated rings. The number of aliphatic hydroxyl groups is 1. The van der Waals surface area contributed by atoms with Crippen molar-refractivity contribution in [2.24, 2.45) is 0 Å². The molecule has 2 rings (SSSR count). The molecule has 0 spiro atoms. The van der Waals surface area contributed by atoms with E-state index in [1.54, 1.807) is 18.2 Å². The number of halogens is 2. The van der Waals surface area contributed by atoms with E-state index in [-0.39, 0.29) is 10.6 Å². The van der Waals surface area contributed by atoms with Crippen LogP contribution in [0.15, 0.2) is 48.5 Å². The van der Waals surface area contributed by atoms with Crippen LogP contribution in [0.1, 0.15) is 23.3 Å². The molecule has 0 aromatic heterocycles. The molecule has 0 saturated heterocycles. The van der Waals surface area contributed by atoms with Gasteiger partial charge in [-0.3, -0.25) is 4.79 Å². The van der Waals surface area contributed by atoms with Crippen LogP contribution >= 0.6 is 11.6 Å². The van der Waals surface area contributed by atoms with E-state index in [9.17, 15) is 14.3 Å². The van der Waals surface area contributed by atoms with E-state index in [0.29, 0.717) is 5.56 Å². The summed E-state index contributed by atoms with van der Waals surface area (Å²) in [5.41, 5.74) is 0.668. The minimum absolute atomic E-state index is 0.248. The van der Waals surface area contributed by atoms with Crippen LogP contribution in [0, 0.1) is 17.1 Å². The van der Waals surface area contributed by atoms with E-state index in [4.69, 9.17) is 16.9 Å². The van der Waals surface area contributed by atoms with Gasteiger partial charge in [0.15, 0.2) is 6.10 Å². The highest BCUT2D eigenvalue weighted by Gasteiger charge is 2.23. The van der Waals surface area contributed by atoms with Gasteiger partial charge in [0.05, 0.1) is 6.07 Å². The van der Waals surface area contributed by atoms with Crippen LogP contribution in [-0.2, 0) is 4.79 Å². The van der Waals surface area contributed by atoms with E-state index in [1.165, 1.54) is 30.3 Å². The van der Waals surface area contributed by atoms with Crippen LogP contribution in [0.5, 0.6) is 0 Å². The van der Waals surface area contributed by atoms with E-state index in [2.05, 4.69) is 5.32 Å². The molecule has 0 radical (unpaired) electrons. The summed E-state index contributed by atoms with van der Waals surface area (Å²) < 4.78 is 12.9. The van der Waals surface area contributed by atoms with Gasteiger partial charge in [0, 0.05) is 10.6 Å². The van der Waals surface area contributed by atoms with Gasteiger partial charge >= 0.3 is 0 Å². The number of rotatable bonds is 4. The molecule has 112 valence electrons. The zero-order valence-electron chi connectivity index (χ0n) is 11.3. The summed E-state index contributed by atoms with van der Waals surface area (Å²) >= 11 is 5.92. The summed E-state index contributed by atoms with van der Waals surface area (Å²) in [6.45, 7) is 0. The molecule has 2 atom stereocenters. The summed E-state index contributed by atoms with van der Waals surface area (Å²) in [6, 6.07) is 12.4. The van der Waals surface area contributed by atoms with Crippen LogP contribution < -0.4 is 5.32 Å². The molecule has 2 aromatic rings. The average molecular weight is 319 g/mol. The van der Waals surface area contributed by atoms with Crippen molar-refractivity contribution in [2.45, 2.75) is 12.1 Å². The molecule has 1 unspecified atom stereocenters. The topological polar surface area (TPSA) is 73.1 Å². The van der Waals surface area contributed by atoms with Crippen molar-refractivity contribution in [1.82, 2.24) is 5.32 Å². The molecule has 0 heterocycles. The van der Waals surface area contributed by atoms with Gasteiger partial charge < -0.3 is 10.4 Å². The van der Waals surface area contributed by atoms with Gasteiger partial charge in [-0.15, -0.1) is 0 Å². The van der Waals surface area contributed by atoms with Gasteiger partial charge in [-0.1, -0.05) is 41.9 Å². The second-order valence-corrected chi connectivity index (χ2v) is 4.95. The molecule has 6 heteroatoms. The first-order valence-electron chi connectivity index (χ1n) is 6.41. The summed E-state index contributed by atoms with van der Waals surface area (Å²) in [7, 11) is 0. The van der Waals surface area contributed by atoms with Crippen LogP contribution in [0.25, 0.3) is 0 Å². The zero-order valence-corrected chi connectivity index (χ0v) is 12.1. The lowest BCUT2D eigenvalue weighted by molar-refractivity contribution is -0.130. The molecule has 2 aromatic carbocycles. The van der Waals surface area contributed by atoms with Gasteiger partial charge in [0.1, 0.15) is 11.9 Å². The second kappa shape index (κ2) is 7.03. The van der Waals surface area contributed by atoms with E-state index < -0.39 is 23.9 Å². The first kappa shape index (κ1) is 16.0. The molecule has 4 nitrogen and oxygen atoms in total. The maximum atomic E-state index is 12.9. The first-order chi connectivity index (χ1) is 10.5. The van der Waals surface area contributed by atoms with Crippen molar-refractivity contribution in [1.29, 1.82) is 5.26 Å². The number of hydrogen-bond donors (Lipinski definition) is 2. The Labute approximate surface area is 131 Å². The Balaban J connectivity index is 2.14. The average Bonchev–Trinajstić information content (AvgIpc) is 2.53. The second-order valence-electron chi connectivity index (χ2n) is 4.55. The quantitative estimate of drug-likeness (QED) is 0.910. The highest BCUT2D eigenvalue weighted by molar-refractivity contribution is 6.31. The van der Waals surface area contributed by atoms with Crippen LogP contribution in [0.4, 0.5) is 4.39 Å². The number of amides is 1. The predicted octanol–water partition coefficient (Wildman–Crippen LogP) is 2.89. The number of nitriles is 1. The van der Waals surface area contributed by atoms with Crippen LogP contribution in [0.2, 0.25) is 5.02 Å². The smallest absolute Gasteiger partial charge is 0.254 e. The number of benzene rings is 2. The summed E-state index contributed by atoms with van der Waals surface area (Å²) in [4.78, 5) is 12.1. The molecule has 0 aliphatic carbocycles.